The van der Waals surface area contributed by atoms with Crippen LogP contribution in [-0.2, 0) is 10.0 Å². The second-order valence-electron chi connectivity index (χ2n) is 7.93. The van der Waals surface area contributed by atoms with Crippen LogP contribution in [0.3, 0.4) is 0 Å². The molecule has 0 unspecified atom stereocenters. The highest BCUT2D eigenvalue weighted by molar-refractivity contribution is 7.90. The summed E-state index contributed by atoms with van der Waals surface area (Å²) in [6.07, 6.45) is 5.83. The van der Waals surface area contributed by atoms with Crippen molar-refractivity contribution in [1.29, 1.82) is 0 Å². The van der Waals surface area contributed by atoms with Crippen molar-refractivity contribution in [3.8, 4) is 17.0 Å². The number of benzene rings is 1. The highest BCUT2D eigenvalue weighted by atomic mass is 32.2. The predicted molar refractivity (Wildman–Crippen MR) is 108 cm³/mol. The molecule has 0 amide bonds. The van der Waals surface area contributed by atoms with Gasteiger partial charge in [0.05, 0.1) is 16.9 Å². The van der Waals surface area contributed by atoms with Crippen molar-refractivity contribution in [2.45, 2.75) is 31.7 Å². The second kappa shape index (κ2) is 6.58. The second-order valence-corrected chi connectivity index (χ2v) is 9.69. The monoisotopic (exact) mass is 397 g/mol. The fourth-order valence-corrected chi connectivity index (χ4v) is 5.76. The molecule has 0 atom stereocenters. The fraction of sp³-hybridized carbons (Fsp3) is 0.429. The molecule has 3 aliphatic heterocycles. The Hall–Kier alpha value is -2.41. The number of aromatic nitrogens is 1. The average Bonchev–Trinajstić information content (AvgIpc) is 2.73. The maximum absolute atomic E-state index is 12.1. The van der Waals surface area contributed by atoms with Crippen LogP contribution in [0.25, 0.3) is 11.3 Å². The van der Waals surface area contributed by atoms with Crippen molar-refractivity contribution in [3.63, 3.8) is 0 Å². The van der Waals surface area contributed by atoms with Gasteiger partial charge in [0.15, 0.2) is 0 Å². The third-order valence-corrected chi connectivity index (χ3v) is 7.39. The number of nitrogens with zero attached hydrogens (tertiary/aromatic N) is 3. The third-order valence-electron chi connectivity index (χ3n) is 6.25. The summed E-state index contributed by atoms with van der Waals surface area (Å²) in [6.45, 7) is 1.03. The number of amidine groups is 1. The minimum absolute atomic E-state index is 0.124. The van der Waals surface area contributed by atoms with Crippen LogP contribution in [0.2, 0.25) is 0 Å². The first-order chi connectivity index (χ1) is 13.5. The molecule has 2 aromatic rings. The van der Waals surface area contributed by atoms with Gasteiger partial charge in [-0.05, 0) is 62.1 Å². The number of sulfonamides is 1. The lowest BCUT2D eigenvalue weighted by Gasteiger charge is -2.54. The van der Waals surface area contributed by atoms with Gasteiger partial charge in [-0.25, -0.2) is 8.42 Å². The molecule has 1 aromatic carbocycles. The Kier molecular flexibility index (Phi) is 4.16. The zero-order valence-electron chi connectivity index (χ0n) is 15.6. The van der Waals surface area contributed by atoms with E-state index in [-0.39, 0.29) is 11.2 Å². The first-order valence-corrected chi connectivity index (χ1v) is 11.4. The molecule has 2 bridgehead atoms. The molecule has 0 spiro atoms. The number of hydrogen-bond acceptors (Lipinski definition) is 5. The first kappa shape index (κ1) is 17.7. The lowest BCUT2D eigenvalue weighted by molar-refractivity contribution is 0.0657. The molecule has 146 valence electrons. The Labute approximate surface area is 165 Å². The maximum Gasteiger partial charge on any atom is 0.256 e. The summed E-state index contributed by atoms with van der Waals surface area (Å²) in [6, 6.07) is 14.2. The van der Waals surface area contributed by atoms with Gasteiger partial charge in [-0.15, -0.1) is 4.40 Å². The molecule has 2 saturated heterocycles. The van der Waals surface area contributed by atoms with E-state index in [1.807, 2.05) is 42.5 Å². The number of piperidine rings is 2. The summed E-state index contributed by atoms with van der Waals surface area (Å²) in [7, 11) is -3.35. The molecular weight excluding hydrogens is 374 g/mol. The molecule has 28 heavy (non-hydrogen) atoms. The Bertz CT molecular complexity index is 995. The number of fused-ring (bicyclic) bond motifs is 2. The van der Waals surface area contributed by atoms with Gasteiger partial charge in [0, 0.05) is 24.3 Å². The van der Waals surface area contributed by atoms with E-state index in [4.69, 9.17) is 4.74 Å². The van der Waals surface area contributed by atoms with Crippen molar-refractivity contribution in [1.82, 2.24) is 9.88 Å². The van der Waals surface area contributed by atoms with E-state index in [0.717, 1.165) is 48.5 Å². The van der Waals surface area contributed by atoms with Crippen LogP contribution in [0, 0.1) is 5.41 Å². The normalized spacial score (nSPS) is 27.8. The molecule has 7 heteroatoms. The predicted octanol–water partition coefficient (Wildman–Crippen LogP) is 3.11. The Morgan fingerprint density at radius 1 is 1.11 bits per heavy atom. The molecule has 1 aliphatic carbocycles. The fourth-order valence-electron chi connectivity index (χ4n) is 4.68. The van der Waals surface area contributed by atoms with Gasteiger partial charge in [-0.3, -0.25) is 4.98 Å². The summed E-state index contributed by atoms with van der Waals surface area (Å²) in [5.41, 5.74) is 1.68. The van der Waals surface area contributed by atoms with Crippen LogP contribution in [0.5, 0.6) is 5.75 Å². The highest BCUT2D eigenvalue weighted by Crippen LogP contribution is 2.47. The maximum atomic E-state index is 12.1. The van der Waals surface area contributed by atoms with E-state index in [0.29, 0.717) is 19.2 Å². The largest absolute Gasteiger partial charge is 0.493 e. The topological polar surface area (TPSA) is 71.9 Å². The summed E-state index contributed by atoms with van der Waals surface area (Å²) in [5.74, 6) is 1.65. The number of pyridine rings is 1. The van der Waals surface area contributed by atoms with E-state index in [9.17, 15) is 8.42 Å². The van der Waals surface area contributed by atoms with E-state index < -0.39 is 10.0 Å². The average molecular weight is 398 g/mol. The molecule has 3 fully saturated rings. The molecule has 4 aliphatic rings. The Morgan fingerprint density at radius 3 is 2.61 bits per heavy atom. The van der Waals surface area contributed by atoms with Gasteiger partial charge in [-0.2, -0.15) is 0 Å². The van der Waals surface area contributed by atoms with E-state index in [2.05, 4.69) is 14.3 Å². The van der Waals surface area contributed by atoms with E-state index in [1.165, 1.54) is 0 Å². The quantitative estimate of drug-likeness (QED) is 0.793. The molecule has 4 heterocycles. The first-order valence-electron chi connectivity index (χ1n) is 9.79. The third kappa shape index (κ3) is 3.07. The van der Waals surface area contributed by atoms with Crippen LogP contribution in [-0.4, -0.2) is 49.1 Å². The van der Waals surface area contributed by atoms with Crippen LogP contribution >= 0.6 is 0 Å². The van der Waals surface area contributed by atoms with Crippen molar-refractivity contribution in [2.24, 2.45) is 9.81 Å². The van der Waals surface area contributed by atoms with Gasteiger partial charge in [0.1, 0.15) is 18.2 Å². The molecule has 1 aromatic heterocycles. The number of hydrogen-bond donors (Lipinski definition) is 0. The minimum Gasteiger partial charge on any atom is -0.493 e. The lowest BCUT2D eigenvalue weighted by atomic mass is 9.67. The van der Waals surface area contributed by atoms with Gasteiger partial charge < -0.3 is 9.64 Å². The smallest absolute Gasteiger partial charge is 0.256 e. The van der Waals surface area contributed by atoms with Gasteiger partial charge in [0.2, 0.25) is 0 Å². The van der Waals surface area contributed by atoms with Gasteiger partial charge in [-0.1, -0.05) is 6.07 Å². The van der Waals surface area contributed by atoms with E-state index in [1.54, 1.807) is 6.20 Å². The summed E-state index contributed by atoms with van der Waals surface area (Å²) < 4.78 is 34.6. The number of rotatable bonds is 4. The van der Waals surface area contributed by atoms with Crippen molar-refractivity contribution < 1.29 is 13.2 Å². The van der Waals surface area contributed by atoms with Crippen molar-refractivity contribution in [3.05, 3.63) is 48.7 Å². The summed E-state index contributed by atoms with van der Waals surface area (Å²) in [4.78, 5) is 6.59. The zero-order valence-corrected chi connectivity index (χ0v) is 16.4. The Morgan fingerprint density at radius 2 is 1.89 bits per heavy atom. The minimum atomic E-state index is -3.35. The van der Waals surface area contributed by atoms with Crippen LogP contribution in [0.1, 0.15) is 25.7 Å². The molecule has 0 N–H and O–H groups in total. The molecule has 6 nitrogen and oxygen atoms in total. The van der Waals surface area contributed by atoms with E-state index >= 15 is 0 Å². The zero-order chi connectivity index (χ0) is 19.2. The molecule has 0 radical (unpaired) electrons. The SMILES string of the molecule is O=S1(=O)CCN2C(=N1)C1(COc3ccc(-c4ccccn4)cc3)CCC2CC1. The van der Waals surface area contributed by atoms with Crippen LogP contribution in [0.15, 0.2) is 53.1 Å². The molecular formula is C21H23N3O3S. The standard InChI is InChI=1S/C21H23N3O3S/c25-28(26)14-13-24-17-8-10-21(11-9-17,20(24)23-28)15-27-18-6-4-16(5-7-18)19-3-1-2-12-22-19/h1-7,12,17H,8-11,13-15H2. The molecule has 1 saturated carbocycles. The Balaban J connectivity index is 1.36. The van der Waals surface area contributed by atoms with Crippen molar-refractivity contribution in [2.75, 3.05) is 18.9 Å². The molecule has 6 rings (SSSR count). The highest BCUT2D eigenvalue weighted by Gasteiger charge is 2.52. The van der Waals surface area contributed by atoms with Gasteiger partial charge >= 0.3 is 0 Å². The van der Waals surface area contributed by atoms with Gasteiger partial charge in [0.25, 0.3) is 10.0 Å². The number of ether oxygens (including phenoxy) is 1. The summed E-state index contributed by atoms with van der Waals surface area (Å²) in [5, 5.41) is 0. The van der Waals surface area contributed by atoms with Crippen LogP contribution in [0.4, 0.5) is 0 Å². The van der Waals surface area contributed by atoms with Crippen molar-refractivity contribution >= 4 is 15.9 Å². The summed E-state index contributed by atoms with van der Waals surface area (Å²) >= 11 is 0. The lowest BCUT2D eigenvalue weighted by Crippen LogP contribution is -2.62. The van der Waals surface area contributed by atoms with Crippen LogP contribution < -0.4 is 4.74 Å².